The van der Waals surface area contributed by atoms with Gasteiger partial charge in [-0.15, -0.1) is 0 Å². The van der Waals surface area contributed by atoms with Crippen LogP contribution in [-0.4, -0.2) is 47.1 Å². The first-order chi connectivity index (χ1) is 21.6. The van der Waals surface area contributed by atoms with Crippen molar-refractivity contribution < 1.29 is 38.4 Å². The summed E-state index contributed by atoms with van der Waals surface area (Å²) in [5.74, 6) is -3.22. The average molecular weight is 646 g/mol. The van der Waals surface area contributed by atoms with Crippen LogP contribution in [0.2, 0.25) is 5.31 Å². The molecule has 6 aliphatic rings. The van der Waals surface area contributed by atoms with Crippen molar-refractivity contribution in [3.8, 4) is 0 Å². The van der Waals surface area contributed by atoms with Crippen molar-refractivity contribution in [2.75, 3.05) is 0 Å². The zero-order valence-corrected chi connectivity index (χ0v) is 29.1. The Labute approximate surface area is 278 Å². The number of rotatable bonds is 5. The summed E-state index contributed by atoms with van der Waals surface area (Å²) in [7, 11) is -1.06. The largest absolute Gasteiger partial charge is 0.535 e. The zero-order valence-electron chi connectivity index (χ0n) is 29.1. The van der Waals surface area contributed by atoms with Crippen molar-refractivity contribution in [2.24, 2.45) is 44.8 Å². The monoisotopic (exact) mass is 645 g/mol. The summed E-state index contributed by atoms with van der Waals surface area (Å²) in [4.78, 5) is 69.5. The molecule has 47 heavy (non-hydrogen) atoms. The summed E-state index contributed by atoms with van der Waals surface area (Å²) in [6.07, 6.45) is 7.67. The standard InChI is InChI=1S/C37H48BNO8/c1-21(40)17-37(20-27(42)43)30(45)46-38(47-37)36-14-12-31(2,3)18-22(36)28-24(41)16-26-33(6)19-23(39-9)29(44)32(4,5)25(33)10-11-34(26,7)35(28,8)13-15-36/h16,19,22,25,28H,10-15,17-18,20H2,1-8H3,(H,42,43)/t22-,25-,28-,33-,34+,35+,36-,37?/m0/s1. The molecule has 1 aliphatic heterocycles. The van der Waals surface area contributed by atoms with Gasteiger partial charge in [-0.3, -0.25) is 19.2 Å². The van der Waals surface area contributed by atoms with E-state index in [9.17, 15) is 29.1 Å². The van der Waals surface area contributed by atoms with Crippen molar-refractivity contribution in [3.05, 3.63) is 34.8 Å². The van der Waals surface area contributed by atoms with Gasteiger partial charge in [-0.1, -0.05) is 60.1 Å². The first-order valence-electron chi connectivity index (χ1n) is 17.1. The third-order valence-electron chi connectivity index (χ3n) is 14.3. The Morgan fingerprint density at radius 2 is 1.66 bits per heavy atom. The quantitative estimate of drug-likeness (QED) is 0.263. The van der Waals surface area contributed by atoms with Crippen LogP contribution in [0.3, 0.4) is 0 Å². The van der Waals surface area contributed by atoms with Crippen LogP contribution < -0.4 is 0 Å². The van der Waals surface area contributed by atoms with Gasteiger partial charge in [0.25, 0.3) is 0 Å². The number of hydrogen-bond acceptors (Lipinski definition) is 7. The molecule has 3 saturated carbocycles. The van der Waals surface area contributed by atoms with Crippen molar-refractivity contribution in [3.63, 3.8) is 0 Å². The molecule has 0 aromatic heterocycles. The Kier molecular flexibility index (Phi) is 7.36. The van der Waals surface area contributed by atoms with Gasteiger partial charge in [-0.2, -0.15) is 0 Å². The van der Waals surface area contributed by atoms with Gasteiger partial charge < -0.3 is 19.2 Å². The Morgan fingerprint density at radius 3 is 2.28 bits per heavy atom. The number of hydrogen-bond donors (Lipinski definition) is 1. The highest BCUT2D eigenvalue weighted by atomic mass is 16.7. The van der Waals surface area contributed by atoms with E-state index >= 15 is 0 Å². The Bertz CT molecular complexity index is 1580. The number of carbonyl (C=O) groups is 5. The highest BCUT2D eigenvalue weighted by Gasteiger charge is 2.74. The number of carboxylic acid groups (broad SMARTS) is 1. The number of nitrogens with zero attached hydrogens (tertiary/aromatic N) is 1. The lowest BCUT2D eigenvalue weighted by molar-refractivity contribution is -0.155. The topological polar surface area (TPSA) is 128 Å². The first kappa shape index (κ1) is 33.8. The van der Waals surface area contributed by atoms with Gasteiger partial charge in [0.15, 0.2) is 17.2 Å². The normalized spacial score (nSPS) is 43.3. The van der Waals surface area contributed by atoms with Gasteiger partial charge in [0, 0.05) is 28.5 Å². The van der Waals surface area contributed by atoms with Crippen molar-refractivity contribution >= 4 is 36.4 Å². The second kappa shape index (κ2) is 10.2. The van der Waals surface area contributed by atoms with Crippen molar-refractivity contribution in [1.82, 2.24) is 0 Å². The molecule has 1 saturated heterocycles. The smallest absolute Gasteiger partial charge is 0.507 e. The van der Waals surface area contributed by atoms with E-state index in [4.69, 9.17) is 15.9 Å². The maximum atomic E-state index is 14.8. The van der Waals surface area contributed by atoms with Crippen molar-refractivity contribution in [2.45, 2.75) is 124 Å². The molecule has 0 aromatic carbocycles. The molecule has 1 unspecified atom stereocenters. The maximum Gasteiger partial charge on any atom is 0.535 e. The minimum Gasteiger partial charge on any atom is -0.507 e. The van der Waals surface area contributed by atoms with Gasteiger partial charge in [0.1, 0.15) is 5.78 Å². The fourth-order valence-corrected chi connectivity index (χ4v) is 11.7. The fraction of sp³-hybridized carbons (Fsp3) is 0.730. The molecule has 0 bridgehead atoms. The maximum absolute atomic E-state index is 14.8. The van der Waals surface area contributed by atoms with Crippen LogP contribution in [0.15, 0.2) is 23.4 Å². The molecule has 9 nitrogen and oxygen atoms in total. The van der Waals surface area contributed by atoms with E-state index in [2.05, 4.69) is 39.5 Å². The number of fused-ring (bicyclic) bond motifs is 7. The molecule has 252 valence electrons. The number of allylic oxidation sites excluding steroid dienone is 4. The van der Waals surface area contributed by atoms with Gasteiger partial charge in [-0.05, 0) is 86.0 Å². The summed E-state index contributed by atoms with van der Waals surface area (Å²) in [5.41, 5.74) is -3.08. The van der Waals surface area contributed by atoms with Crippen LogP contribution in [0.5, 0.6) is 0 Å². The second-order valence-corrected chi connectivity index (χ2v) is 17.8. The number of Topliss-reactive ketones (excluding diaryl/α,β-unsaturated/α-hetero) is 2. The highest BCUT2D eigenvalue weighted by molar-refractivity contribution is 6.53. The fourth-order valence-electron chi connectivity index (χ4n) is 11.7. The number of carbonyl (C=O) groups excluding carboxylic acids is 4. The molecular weight excluding hydrogens is 597 g/mol. The molecule has 1 heterocycles. The summed E-state index contributed by atoms with van der Waals surface area (Å²) in [6, 6.07) is 0. The molecule has 0 amide bonds. The minimum atomic E-state index is -1.89. The lowest BCUT2D eigenvalue weighted by Gasteiger charge is -2.69. The van der Waals surface area contributed by atoms with Crippen LogP contribution in [0.1, 0.15) is 113 Å². The van der Waals surface area contributed by atoms with Crippen LogP contribution in [0.4, 0.5) is 0 Å². The lowest BCUT2D eigenvalue weighted by atomic mass is 9.30. The predicted octanol–water partition coefficient (Wildman–Crippen LogP) is 6.57. The third kappa shape index (κ3) is 4.47. The van der Waals surface area contributed by atoms with Crippen molar-refractivity contribution in [1.29, 1.82) is 0 Å². The predicted molar refractivity (Wildman–Crippen MR) is 173 cm³/mol. The van der Waals surface area contributed by atoms with E-state index in [1.54, 1.807) is 0 Å². The first-order valence-corrected chi connectivity index (χ1v) is 17.1. The van der Waals surface area contributed by atoms with E-state index in [1.807, 2.05) is 26.0 Å². The molecular formula is C37H48BNO8. The number of ketones is 3. The van der Waals surface area contributed by atoms with Crippen LogP contribution in [0, 0.1) is 51.4 Å². The van der Waals surface area contributed by atoms with Crippen LogP contribution in [0.25, 0.3) is 4.85 Å². The summed E-state index contributed by atoms with van der Waals surface area (Å²) < 4.78 is 12.4. The van der Waals surface area contributed by atoms with Crippen LogP contribution >= 0.6 is 0 Å². The lowest BCUT2D eigenvalue weighted by Crippen LogP contribution is -2.65. The Balaban J connectivity index is 1.47. The Hall–Kier alpha value is -3.06. The SMILES string of the molecule is [C-]#[N+]C1=C[C@]2(C)C3=CC(=O)[C@@H]4[C@@H]5CC(C)(C)CC[C@]5(B5OC(=O)C(CC(C)=O)(CC(=O)O)O5)CC[C@@]4(C)[C@]3(C)CC[C@H]2C(C)(C)C1=O. The van der Waals surface area contributed by atoms with Gasteiger partial charge in [0.2, 0.25) is 5.70 Å². The zero-order chi connectivity index (χ0) is 34.8. The summed E-state index contributed by atoms with van der Waals surface area (Å²) >= 11 is 0. The molecule has 0 spiro atoms. The molecule has 1 N–H and O–H groups in total. The molecule has 8 atom stereocenters. The van der Waals surface area contributed by atoms with E-state index in [0.29, 0.717) is 25.7 Å². The van der Waals surface area contributed by atoms with Gasteiger partial charge >= 0.3 is 19.1 Å². The summed E-state index contributed by atoms with van der Waals surface area (Å²) in [6.45, 7) is 24.0. The highest BCUT2D eigenvalue weighted by Crippen LogP contribution is 2.76. The molecule has 4 fully saturated rings. The molecule has 5 aliphatic carbocycles. The van der Waals surface area contributed by atoms with Gasteiger partial charge in [-0.25, -0.2) is 4.85 Å². The van der Waals surface area contributed by atoms with E-state index in [1.165, 1.54) is 6.92 Å². The van der Waals surface area contributed by atoms with E-state index in [-0.39, 0.29) is 46.7 Å². The third-order valence-corrected chi connectivity index (χ3v) is 14.3. The summed E-state index contributed by atoms with van der Waals surface area (Å²) in [5, 5.41) is 9.00. The molecule has 0 aromatic rings. The Morgan fingerprint density at radius 1 is 1.00 bits per heavy atom. The minimum absolute atomic E-state index is 0.0194. The average Bonchev–Trinajstić information content (AvgIpc) is 3.26. The van der Waals surface area contributed by atoms with E-state index in [0.717, 1.165) is 24.8 Å². The van der Waals surface area contributed by atoms with Gasteiger partial charge in [0.05, 0.1) is 13.0 Å². The second-order valence-electron chi connectivity index (χ2n) is 17.8. The molecule has 10 heteroatoms. The van der Waals surface area contributed by atoms with Crippen LogP contribution in [-0.2, 0) is 33.3 Å². The molecule has 0 radical (unpaired) electrons. The number of carboxylic acids is 1. The molecule has 6 rings (SSSR count). The van der Waals surface area contributed by atoms with E-state index < -0.39 is 64.0 Å². The number of aliphatic carboxylic acids is 1.